The maximum absolute atomic E-state index is 9.90. The summed E-state index contributed by atoms with van der Waals surface area (Å²) in [6, 6.07) is 0. The molecule has 0 heterocycles. The zero-order valence-electron chi connectivity index (χ0n) is 5.42. The highest BCUT2D eigenvalue weighted by molar-refractivity contribution is 5.46. The summed E-state index contributed by atoms with van der Waals surface area (Å²) in [4.78, 5) is 11.3. The number of amides is 1. The van der Waals surface area contributed by atoms with Crippen LogP contribution >= 0.6 is 0 Å². The van der Waals surface area contributed by atoms with Gasteiger partial charge in [-0.15, -0.1) is 0 Å². The van der Waals surface area contributed by atoms with E-state index in [-0.39, 0.29) is 0 Å². The molecule has 2 heteroatoms. The van der Waals surface area contributed by atoms with Gasteiger partial charge in [-0.05, 0) is 5.92 Å². The summed E-state index contributed by atoms with van der Waals surface area (Å²) in [7, 11) is 3.46. The number of carbonyl (C=O) groups is 1. The van der Waals surface area contributed by atoms with E-state index in [9.17, 15) is 4.79 Å². The molecule has 1 radical (unpaired) electrons. The molecule has 0 saturated carbocycles. The lowest BCUT2D eigenvalue weighted by atomic mass is 10.2. The lowest BCUT2D eigenvalue weighted by molar-refractivity contribution is -0.116. The van der Waals surface area contributed by atoms with Crippen molar-refractivity contribution >= 4 is 6.41 Å². The molecule has 0 aromatic carbocycles. The molecule has 0 fully saturated rings. The van der Waals surface area contributed by atoms with Gasteiger partial charge >= 0.3 is 0 Å². The van der Waals surface area contributed by atoms with E-state index >= 15 is 0 Å². The fraction of sp³-hybridized carbons (Fsp3) is 0.667. The van der Waals surface area contributed by atoms with Crippen LogP contribution in [0.3, 0.4) is 0 Å². The predicted molar refractivity (Wildman–Crippen MR) is 33.0 cm³/mol. The predicted octanol–water partition coefficient (Wildman–Crippen LogP) is 0.892. The van der Waals surface area contributed by atoms with E-state index < -0.39 is 0 Å². The summed E-state index contributed by atoms with van der Waals surface area (Å²) in [6.07, 6.45) is 0.736. The minimum Gasteiger partial charge on any atom is -0.343 e. The van der Waals surface area contributed by atoms with Crippen molar-refractivity contribution < 1.29 is 4.79 Å². The van der Waals surface area contributed by atoms with E-state index in [0.29, 0.717) is 5.92 Å². The highest BCUT2D eigenvalue weighted by Gasteiger charge is 1.95. The number of hydrogen-bond donors (Lipinski definition) is 0. The Morgan fingerprint density at radius 1 is 1.75 bits per heavy atom. The SMILES string of the molecule is [CH2]N(C=O)CC(C)C. The van der Waals surface area contributed by atoms with Crippen molar-refractivity contribution in [3.05, 3.63) is 7.05 Å². The summed E-state index contributed by atoms with van der Waals surface area (Å²) in [5.74, 6) is 0.512. The van der Waals surface area contributed by atoms with E-state index in [0.717, 1.165) is 13.0 Å². The lowest BCUT2D eigenvalue weighted by Gasteiger charge is -2.11. The molecule has 0 aromatic rings. The van der Waals surface area contributed by atoms with Gasteiger partial charge in [-0.1, -0.05) is 13.8 Å². The number of hydrogen-bond acceptors (Lipinski definition) is 1. The molecule has 0 unspecified atom stereocenters. The van der Waals surface area contributed by atoms with E-state index in [4.69, 9.17) is 0 Å². The van der Waals surface area contributed by atoms with Crippen LogP contribution in [-0.4, -0.2) is 17.9 Å². The second-order valence-electron chi connectivity index (χ2n) is 2.27. The Labute approximate surface area is 50.5 Å². The van der Waals surface area contributed by atoms with Crippen LogP contribution in [0.4, 0.5) is 0 Å². The van der Waals surface area contributed by atoms with E-state index in [2.05, 4.69) is 7.05 Å². The molecule has 47 valence electrons. The smallest absolute Gasteiger partial charge is 0.209 e. The second kappa shape index (κ2) is 3.47. The zero-order chi connectivity index (χ0) is 6.57. The first-order valence-electron chi connectivity index (χ1n) is 2.69. The summed E-state index contributed by atoms with van der Waals surface area (Å²) in [6.45, 7) is 4.83. The third-order valence-electron chi connectivity index (χ3n) is 0.749. The first-order chi connectivity index (χ1) is 3.66. The van der Waals surface area contributed by atoms with E-state index in [1.54, 1.807) is 0 Å². The number of nitrogens with zero attached hydrogens (tertiary/aromatic N) is 1. The molecular formula is C6H12NO. The highest BCUT2D eigenvalue weighted by Crippen LogP contribution is 1.92. The quantitative estimate of drug-likeness (QED) is 0.499. The molecule has 0 saturated heterocycles. The van der Waals surface area contributed by atoms with Gasteiger partial charge in [0.05, 0.1) is 0 Å². The van der Waals surface area contributed by atoms with Crippen LogP contribution in [0.1, 0.15) is 13.8 Å². The van der Waals surface area contributed by atoms with Gasteiger partial charge in [0, 0.05) is 13.6 Å². The molecule has 0 aliphatic carbocycles. The van der Waals surface area contributed by atoms with Crippen LogP contribution in [0.15, 0.2) is 0 Å². The fourth-order valence-electron chi connectivity index (χ4n) is 0.512. The number of carbonyl (C=O) groups excluding carboxylic acids is 1. The van der Waals surface area contributed by atoms with Gasteiger partial charge < -0.3 is 4.90 Å². The molecule has 0 aliphatic rings. The fourth-order valence-corrected chi connectivity index (χ4v) is 0.512. The molecule has 0 atom stereocenters. The highest BCUT2D eigenvalue weighted by atomic mass is 16.1. The molecule has 1 amide bonds. The standard InChI is InChI=1S/C6H12NO/c1-6(2)4-7(3)5-8/h5-6H,3-4H2,1-2H3. The van der Waals surface area contributed by atoms with Gasteiger partial charge in [0.25, 0.3) is 0 Å². The van der Waals surface area contributed by atoms with Crippen molar-refractivity contribution in [3.8, 4) is 0 Å². The zero-order valence-corrected chi connectivity index (χ0v) is 5.42. The Balaban J connectivity index is 3.23. The third kappa shape index (κ3) is 3.65. The maximum Gasteiger partial charge on any atom is 0.209 e. The average molecular weight is 114 g/mol. The molecule has 0 aromatic heterocycles. The van der Waals surface area contributed by atoms with Crippen LogP contribution in [0, 0.1) is 13.0 Å². The van der Waals surface area contributed by atoms with Crippen LogP contribution in [0.2, 0.25) is 0 Å². The normalized spacial score (nSPS) is 9.50. The molecule has 0 N–H and O–H groups in total. The van der Waals surface area contributed by atoms with Gasteiger partial charge in [0.2, 0.25) is 6.41 Å². The van der Waals surface area contributed by atoms with Crippen LogP contribution in [0.25, 0.3) is 0 Å². The first-order valence-corrected chi connectivity index (χ1v) is 2.69. The summed E-state index contributed by atoms with van der Waals surface area (Å²) in [5, 5.41) is 0. The monoisotopic (exact) mass is 114 g/mol. The van der Waals surface area contributed by atoms with Crippen molar-refractivity contribution in [1.29, 1.82) is 0 Å². The molecule has 0 aliphatic heterocycles. The Morgan fingerprint density at radius 3 is 2.38 bits per heavy atom. The minimum atomic E-state index is 0.512. The molecular weight excluding hydrogens is 102 g/mol. The second-order valence-corrected chi connectivity index (χ2v) is 2.27. The summed E-state index contributed by atoms with van der Waals surface area (Å²) >= 11 is 0. The van der Waals surface area contributed by atoms with E-state index in [1.165, 1.54) is 4.90 Å². The topological polar surface area (TPSA) is 20.3 Å². The summed E-state index contributed by atoms with van der Waals surface area (Å²) in [5.41, 5.74) is 0. The molecule has 0 spiro atoms. The molecule has 0 rings (SSSR count). The third-order valence-corrected chi connectivity index (χ3v) is 0.749. The van der Waals surface area contributed by atoms with Crippen molar-refractivity contribution in [3.63, 3.8) is 0 Å². The summed E-state index contributed by atoms with van der Waals surface area (Å²) < 4.78 is 0. The maximum atomic E-state index is 9.90. The van der Waals surface area contributed by atoms with E-state index in [1.807, 2.05) is 13.8 Å². The Bertz CT molecular complexity index is 70.9. The van der Waals surface area contributed by atoms with Gasteiger partial charge in [-0.3, -0.25) is 4.79 Å². The van der Waals surface area contributed by atoms with Gasteiger partial charge in [-0.25, -0.2) is 0 Å². The van der Waals surface area contributed by atoms with Crippen molar-refractivity contribution in [2.75, 3.05) is 6.54 Å². The minimum absolute atomic E-state index is 0.512. The lowest BCUT2D eigenvalue weighted by Crippen LogP contribution is -2.18. The van der Waals surface area contributed by atoms with Crippen LogP contribution in [-0.2, 0) is 4.79 Å². The average Bonchev–Trinajstić information content (AvgIpc) is 1.65. The van der Waals surface area contributed by atoms with Gasteiger partial charge in [-0.2, -0.15) is 0 Å². The van der Waals surface area contributed by atoms with Crippen molar-refractivity contribution in [2.45, 2.75) is 13.8 Å². The molecule has 0 bridgehead atoms. The number of rotatable bonds is 3. The van der Waals surface area contributed by atoms with Gasteiger partial charge in [0.1, 0.15) is 0 Å². The molecule has 8 heavy (non-hydrogen) atoms. The first kappa shape index (κ1) is 7.47. The Kier molecular flexibility index (Phi) is 3.24. The van der Waals surface area contributed by atoms with Gasteiger partial charge in [0.15, 0.2) is 0 Å². The van der Waals surface area contributed by atoms with Crippen LogP contribution in [0.5, 0.6) is 0 Å². The largest absolute Gasteiger partial charge is 0.343 e. The van der Waals surface area contributed by atoms with Crippen molar-refractivity contribution in [1.82, 2.24) is 4.90 Å². The molecule has 2 nitrogen and oxygen atoms in total. The Hall–Kier alpha value is -0.530. The van der Waals surface area contributed by atoms with Crippen molar-refractivity contribution in [2.24, 2.45) is 5.92 Å². The van der Waals surface area contributed by atoms with Crippen LogP contribution < -0.4 is 0 Å². The Morgan fingerprint density at radius 2 is 2.25 bits per heavy atom.